The third kappa shape index (κ3) is 2.87. The van der Waals surface area contributed by atoms with Gasteiger partial charge in [0.15, 0.2) is 18.1 Å². The quantitative estimate of drug-likeness (QED) is 0.522. The summed E-state index contributed by atoms with van der Waals surface area (Å²) in [7, 11) is 1.49. The molecular weight excluding hydrogens is 276 g/mol. The zero-order valence-corrected chi connectivity index (χ0v) is 10.1. The second-order valence-corrected chi connectivity index (χ2v) is 3.58. The van der Waals surface area contributed by atoms with E-state index in [0.717, 1.165) is 0 Å². The minimum absolute atomic E-state index is 0.0671. The van der Waals surface area contributed by atoms with Gasteiger partial charge in [0.2, 0.25) is 0 Å². The molecule has 0 bridgehead atoms. The summed E-state index contributed by atoms with van der Waals surface area (Å²) in [5, 5.41) is 19.8. The average molecular weight is 285 g/mol. The Balaban J connectivity index is 3.13. The van der Waals surface area contributed by atoms with E-state index in [1.165, 1.54) is 13.3 Å². The van der Waals surface area contributed by atoms with E-state index in [1.807, 2.05) is 6.07 Å². The molecule has 0 aliphatic rings. The van der Waals surface area contributed by atoms with Crippen LogP contribution >= 0.6 is 15.9 Å². The summed E-state index contributed by atoms with van der Waals surface area (Å²) in [4.78, 5) is 0. The molecule has 0 amide bonds. The summed E-state index contributed by atoms with van der Waals surface area (Å²) in [6, 6.07) is 5.20. The lowest BCUT2D eigenvalue weighted by Gasteiger charge is -2.10. The van der Waals surface area contributed by atoms with Crippen LogP contribution in [-0.2, 0) is 0 Å². The van der Waals surface area contributed by atoms with E-state index in [9.17, 15) is 0 Å². The second kappa shape index (κ2) is 5.98. The van der Waals surface area contributed by atoms with Gasteiger partial charge in [-0.15, -0.1) is 0 Å². The fraction of sp³-hybridized carbons (Fsp3) is 0.200. The highest BCUT2D eigenvalue weighted by molar-refractivity contribution is 9.10. The van der Waals surface area contributed by atoms with Gasteiger partial charge in [-0.3, -0.25) is 0 Å². The molecule has 0 aromatic heterocycles. The number of hydrogen-bond acceptors (Lipinski definition) is 5. The number of benzene rings is 1. The van der Waals surface area contributed by atoms with Crippen LogP contribution < -0.4 is 9.47 Å². The third-order valence-electron chi connectivity index (χ3n) is 1.74. The predicted molar refractivity (Wildman–Crippen MR) is 61.2 cm³/mol. The molecule has 0 atom stereocenters. The van der Waals surface area contributed by atoms with E-state index in [-0.39, 0.29) is 6.61 Å². The van der Waals surface area contributed by atoms with Gasteiger partial charge in [0.25, 0.3) is 0 Å². The van der Waals surface area contributed by atoms with Crippen molar-refractivity contribution >= 4 is 22.1 Å². The highest BCUT2D eigenvalue weighted by atomic mass is 79.9. The number of methoxy groups -OCH3 is 1. The summed E-state index contributed by atoms with van der Waals surface area (Å²) in [5.74, 6) is 0.902. The molecule has 0 saturated heterocycles. The first-order valence-corrected chi connectivity index (χ1v) is 5.07. The van der Waals surface area contributed by atoms with E-state index >= 15 is 0 Å². The number of nitriles is 1. The summed E-state index contributed by atoms with van der Waals surface area (Å²) in [6.45, 7) is -0.0671. The summed E-state index contributed by atoms with van der Waals surface area (Å²) in [6.07, 6.45) is 1.27. The van der Waals surface area contributed by atoms with Gasteiger partial charge in [0, 0.05) is 5.56 Å². The van der Waals surface area contributed by atoms with Crippen LogP contribution in [0.2, 0.25) is 0 Å². The Morgan fingerprint density at radius 2 is 2.38 bits per heavy atom. The lowest BCUT2D eigenvalue weighted by Crippen LogP contribution is -1.98. The molecular formula is C10H9BrN2O3. The maximum Gasteiger partial charge on any atom is 0.176 e. The minimum atomic E-state index is -0.0671. The number of hydrogen-bond donors (Lipinski definition) is 1. The molecule has 1 N–H and O–H groups in total. The average Bonchev–Trinajstić information content (AvgIpc) is 2.27. The maximum absolute atomic E-state index is 8.44. The van der Waals surface area contributed by atoms with Gasteiger partial charge < -0.3 is 14.7 Å². The Morgan fingerprint density at radius 1 is 1.62 bits per heavy atom. The zero-order valence-electron chi connectivity index (χ0n) is 8.48. The number of nitrogens with zero attached hydrogens (tertiary/aromatic N) is 2. The molecule has 5 nitrogen and oxygen atoms in total. The van der Waals surface area contributed by atoms with E-state index in [0.29, 0.717) is 21.5 Å². The highest BCUT2D eigenvalue weighted by Gasteiger charge is 2.10. The van der Waals surface area contributed by atoms with Gasteiger partial charge in [0.1, 0.15) is 6.07 Å². The van der Waals surface area contributed by atoms with Crippen molar-refractivity contribution in [3.8, 4) is 17.6 Å². The highest BCUT2D eigenvalue weighted by Crippen LogP contribution is 2.36. The van der Waals surface area contributed by atoms with Gasteiger partial charge in [-0.1, -0.05) is 5.16 Å². The molecule has 0 fully saturated rings. The molecule has 84 valence electrons. The first-order valence-electron chi connectivity index (χ1n) is 4.27. The fourth-order valence-electron chi connectivity index (χ4n) is 1.13. The number of oxime groups is 1. The molecule has 0 radical (unpaired) electrons. The normalized spacial score (nSPS) is 10.1. The molecule has 1 aromatic rings. The minimum Gasteiger partial charge on any atom is -0.493 e. The Kier molecular flexibility index (Phi) is 4.61. The van der Waals surface area contributed by atoms with Crippen LogP contribution in [0.1, 0.15) is 5.56 Å². The second-order valence-electron chi connectivity index (χ2n) is 2.73. The van der Waals surface area contributed by atoms with Gasteiger partial charge in [0.05, 0.1) is 17.8 Å². The van der Waals surface area contributed by atoms with Crippen molar-refractivity contribution in [2.45, 2.75) is 0 Å². The lowest BCUT2D eigenvalue weighted by molar-refractivity contribution is 0.321. The van der Waals surface area contributed by atoms with Crippen LogP contribution in [0.3, 0.4) is 0 Å². The van der Waals surface area contributed by atoms with Gasteiger partial charge >= 0.3 is 0 Å². The van der Waals surface area contributed by atoms with Crippen molar-refractivity contribution in [1.29, 1.82) is 5.26 Å². The third-order valence-corrected chi connectivity index (χ3v) is 2.33. The Labute approximate surface area is 101 Å². The van der Waals surface area contributed by atoms with Crippen LogP contribution in [0, 0.1) is 11.3 Å². The number of halogens is 1. The molecule has 0 saturated carbocycles. The van der Waals surface area contributed by atoms with Crippen molar-refractivity contribution < 1.29 is 14.7 Å². The lowest BCUT2D eigenvalue weighted by atomic mass is 10.2. The van der Waals surface area contributed by atoms with Crippen LogP contribution in [0.15, 0.2) is 21.8 Å². The number of rotatable bonds is 4. The maximum atomic E-state index is 8.44. The zero-order chi connectivity index (χ0) is 12.0. The molecule has 0 heterocycles. The number of ether oxygens (including phenoxy) is 2. The molecule has 0 aliphatic carbocycles. The Hall–Kier alpha value is -1.74. The van der Waals surface area contributed by atoms with Crippen molar-refractivity contribution in [2.24, 2.45) is 5.16 Å². The molecule has 0 aliphatic heterocycles. The fourth-order valence-corrected chi connectivity index (χ4v) is 1.70. The van der Waals surface area contributed by atoms with Crippen LogP contribution in [0.25, 0.3) is 0 Å². The van der Waals surface area contributed by atoms with E-state index in [1.54, 1.807) is 12.1 Å². The van der Waals surface area contributed by atoms with E-state index in [2.05, 4.69) is 21.1 Å². The van der Waals surface area contributed by atoms with Crippen molar-refractivity contribution in [3.05, 3.63) is 22.2 Å². The molecule has 0 unspecified atom stereocenters. The first-order chi connectivity index (χ1) is 7.72. The van der Waals surface area contributed by atoms with Crippen molar-refractivity contribution in [1.82, 2.24) is 0 Å². The molecule has 1 aromatic carbocycles. The summed E-state index contributed by atoms with van der Waals surface area (Å²) < 4.78 is 10.9. The smallest absolute Gasteiger partial charge is 0.176 e. The molecule has 0 spiro atoms. The molecule has 6 heteroatoms. The Bertz CT molecular complexity index is 440. The van der Waals surface area contributed by atoms with Crippen molar-refractivity contribution in [2.75, 3.05) is 13.7 Å². The molecule has 16 heavy (non-hydrogen) atoms. The van der Waals surface area contributed by atoms with Gasteiger partial charge in [-0.2, -0.15) is 5.26 Å². The van der Waals surface area contributed by atoms with E-state index < -0.39 is 0 Å². The Morgan fingerprint density at radius 3 is 2.94 bits per heavy atom. The largest absolute Gasteiger partial charge is 0.493 e. The topological polar surface area (TPSA) is 74.8 Å². The van der Waals surface area contributed by atoms with Crippen LogP contribution in [-0.4, -0.2) is 25.1 Å². The predicted octanol–water partition coefficient (Wildman–Crippen LogP) is 2.17. The van der Waals surface area contributed by atoms with Gasteiger partial charge in [-0.05, 0) is 28.1 Å². The monoisotopic (exact) mass is 284 g/mol. The van der Waals surface area contributed by atoms with Crippen LogP contribution in [0.4, 0.5) is 0 Å². The summed E-state index contributed by atoms with van der Waals surface area (Å²) >= 11 is 3.28. The van der Waals surface area contributed by atoms with Crippen molar-refractivity contribution in [3.63, 3.8) is 0 Å². The SMILES string of the molecule is COc1cc(C=NO)cc(Br)c1OCC#N. The first kappa shape index (κ1) is 12.3. The van der Waals surface area contributed by atoms with E-state index in [4.69, 9.17) is 19.9 Å². The standard InChI is InChI=1S/C10H9BrN2O3/c1-15-9-5-7(6-13-14)4-8(11)10(9)16-3-2-12/h4-6,14H,3H2,1H3. The summed E-state index contributed by atoms with van der Waals surface area (Å²) in [5.41, 5.74) is 0.649. The molecule has 1 rings (SSSR count). The van der Waals surface area contributed by atoms with Gasteiger partial charge in [-0.25, -0.2) is 0 Å². The van der Waals surface area contributed by atoms with Crippen LogP contribution in [0.5, 0.6) is 11.5 Å².